The quantitative estimate of drug-likeness (QED) is 0.460. The number of nitrogens with two attached hydrogens (primary N) is 1. The molecular formula is C17H28IN3. The van der Waals surface area contributed by atoms with Crippen molar-refractivity contribution in [2.75, 3.05) is 6.54 Å². The van der Waals surface area contributed by atoms with Gasteiger partial charge in [0.1, 0.15) is 0 Å². The van der Waals surface area contributed by atoms with Crippen LogP contribution < -0.4 is 11.1 Å². The van der Waals surface area contributed by atoms with Crippen molar-refractivity contribution in [2.45, 2.75) is 57.9 Å². The average Bonchev–Trinajstić information content (AvgIpc) is 2.46. The number of aliphatic imine (C=N–C) groups is 1. The van der Waals surface area contributed by atoms with Crippen LogP contribution in [0.1, 0.15) is 51.2 Å². The minimum atomic E-state index is 0. The number of hydrogen-bond donors (Lipinski definition) is 2. The molecule has 21 heavy (non-hydrogen) atoms. The molecule has 2 rings (SSSR count). The molecule has 1 aromatic carbocycles. The highest BCUT2D eigenvalue weighted by molar-refractivity contribution is 14.0. The Balaban J connectivity index is 0.00000220. The van der Waals surface area contributed by atoms with Gasteiger partial charge in [-0.15, -0.1) is 24.0 Å². The molecule has 3 N–H and O–H groups in total. The average molecular weight is 401 g/mol. The molecule has 0 fully saturated rings. The summed E-state index contributed by atoms with van der Waals surface area (Å²) in [7, 11) is 0. The van der Waals surface area contributed by atoms with Crippen LogP contribution in [0.15, 0.2) is 29.3 Å². The van der Waals surface area contributed by atoms with Crippen molar-refractivity contribution in [3.63, 3.8) is 0 Å². The van der Waals surface area contributed by atoms with Crippen molar-refractivity contribution in [1.29, 1.82) is 0 Å². The Morgan fingerprint density at radius 3 is 2.86 bits per heavy atom. The van der Waals surface area contributed by atoms with E-state index in [4.69, 9.17) is 5.73 Å². The first-order valence-corrected chi connectivity index (χ1v) is 7.70. The molecule has 2 atom stereocenters. The van der Waals surface area contributed by atoms with Crippen LogP contribution in [0.25, 0.3) is 0 Å². The summed E-state index contributed by atoms with van der Waals surface area (Å²) in [6.45, 7) is 7.34. The third-order valence-corrected chi connectivity index (χ3v) is 4.45. The highest BCUT2D eigenvalue weighted by Gasteiger charge is 2.31. The molecule has 1 aliphatic rings. The second-order valence-corrected chi connectivity index (χ2v) is 6.23. The first kappa shape index (κ1) is 18.3. The van der Waals surface area contributed by atoms with Crippen molar-refractivity contribution in [3.05, 3.63) is 35.4 Å². The normalized spacial score (nSPS) is 22.9. The summed E-state index contributed by atoms with van der Waals surface area (Å²) in [6.07, 6.45) is 4.66. The van der Waals surface area contributed by atoms with Gasteiger partial charge in [0.05, 0.1) is 6.54 Å². The molecule has 0 saturated heterocycles. The van der Waals surface area contributed by atoms with Crippen LogP contribution in [0.5, 0.6) is 0 Å². The predicted molar refractivity (Wildman–Crippen MR) is 102 cm³/mol. The molecule has 0 heterocycles. The minimum Gasteiger partial charge on any atom is -0.370 e. The molecule has 1 aromatic rings. The smallest absolute Gasteiger partial charge is 0.188 e. The number of halogens is 1. The van der Waals surface area contributed by atoms with Gasteiger partial charge in [0.2, 0.25) is 0 Å². The minimum absolute atomic E-state index is 0. The Bertz CT molecular complexity index is 487. The molecule has 0 radical (unpaired) electrons. The van der Waals surface area contributed by atoms with Gasteiger partial charge < -0.3 is 11.1 Å². The first-order valence-electron chi connectivity index (χ1n) is 7.70. The molecule has 2 unspecified atom stereocenters. The SMILES string of the molecule is CCC(C)NC(N)=NCC1(C)CCCc2ccccc21.I. The zero-order valence-electron chi connectivity index (χ0n) is 13.4. The molecule has 4 heteroatoms. The fraction of sp³-hybridized carbons (Fsp3) is 0.588. The number of hydrogen-bond acceptors (Lipinski definition) is 1. The van der Waals surface area contributed by atoms with Gasteiger partial charge in [-0.1, -0.05) is 38.1 Å². The Labute approximate surface area is 145 Å². The molecule has 1 aliphatic carbocycles. The molecule has 0 bridgehead atoms. The largest absolute Gasteiger partial charge is 0.370 e. The number of guanidine groups is 1. The standard InChI is InChI=1S/C17H27N3.HI/c1-4-13(2)20-16(18)19-12-17(3)11-7-9-14-8-5-6-10-15(14)17;/h5-6,8,10,13H,4,7,9,11-12H2,1-3H3,(H3,18,19,20);1H. The lowest BCUT2D eigenvalue weighted by Crippen LogP contribution is -2.39. The second kappa shape index (κ2) is 8.01. The topological polar surface area (TPSA) is 50.4 Å². The van der Waals surface area contributed by atoms with Crippen LogP contribution in [0.4, 0.5) is 0 Å². The van der Waals surface area contributed by atoms with Gasteiger partial charge in [0, 0.05) is 11.5 Å². The van der Waals surface area contributed by atoms with Crippen molar-refractivity contribution in [1.82, 2.24) is 5.32 Å². The van der Waals surface area contributed by atoms with E-state index in [1.165, 1.54) is 30.4 Å². The molecular weight excluding hydrogens is 373 g/mol. The monoisotopic (exact) mass is 401 g/mol. The summed E-state index contributed by atoms with van der Waals surface area (Å²) in [6, 6.07) is 9.14. The lowest BCUT2D eigenvalue weighted by molar-refractivity contribution is 0.404. The van der Waals surface area contributed by atoms with E-state index in [2.05, 4.69) is 55.3 Å². The summed E-state index contributed by atoms with van der Waals surface area (Å²) in [5, 5.41) is 3.24. The predicted octanol–water partition coefficient (Wildman–Crippen LogP) is 3.60. The summed E-state index contributed by atoms with van der Waals surface area (Å²) in [5.41, 5.74) is 9.03. The van der Waals surface area contributed by atoms with Crippen LogP contribution in [-0.4, -0.2) is 18.5 Å². The molecule has 0 aromatic heterocycles. The Kier molecular flexibility index (Phi) is 6.97. The fourth-order valence-electron chi connectivity index (χ4n) is 2.95. The lowest BCUT2D eigenvalue weighted by atomic mass is 9.71. The molecule has 0 amide bonds. The third kappa shape index (κ3) is 4.59. The molecule has 3 nitrogen and oxygen atoms in total. The van der Waals surface area contributed by atoms with Crippen molar-refractivity contribution in [3.8, 4) is 0 Å². The number of aryl methyl sites for hydroxylation is 1. The summed E-state index contributed by atoms with van der Waals surface area (Å²) < 4.78 is 0. The molecule has 118 valence electrons. The number of fused-ring (bicyclic) bond motifs is 1. The Hall–Kier alpha value is -0.780. The van der Waals surface area contributed by atoms with Gasteiger partial charge in [-0.25, -0.2) is 0 Å². The van der Waals surface area contributed by atoms with Crippen LogP contribution in [0, 0.1) is 0 Å². The third-order valence-electron chi connectivity index (χ3n) is 4.45. The highest BCUT2D eigenvalue weighted by Crippen LogP contribution is 2.37. The van der Waals surface area contributed by atoms with Crippen molar-refractivity contribution in [2.24, 2.45) is 10.7 Å². The van der Waals surface area contributed by atoms with Crippen LogP contribution in [0.2, 0.25) is 0 Å². The van der Waals surface area contributed by atoms with Crippen molar-refractivity contribution < 1.29 is 0 Å². The molecule has 0 saturated carbocycles. The van der Waals surface area contributed by atoms with E-state index < -0.39 is 0 Å². The van der Waals surface area contributed by atoms with Gasteiger partial charge >= 0.3 is 0 Å². The zero-order chi connectivity index (χ0) is 14.6. The number of benzene rings is 1. The second-order valence-electron chi connectivity index (χ2n) is 6.23. The first-order chi connectivity index (χ1) is 9.55. The van der Waals surface area contributed by atoms with Crippen LogP contribution in [0.3, 0.4) is 0 Å². The number of rotatable bonds is 4. The van der Waals surface area contributed by atoms with E-state index in [9.17, 15) is 0 Å². The van der Waals surface area contributed by atoms with Gasteiger partial charge in [-0.3, -0.25) is 4.99 Å². The van der Waals surface area contributed by atoms with Crippen LogP contribution in [-0.2, 0) is 11.8 Å². The zero-order valence-corrected chi connectivity index (χ0v) is 15.7. The number of nitrogens with one attached hydrogen (secondary N) is 1. The maximum Gasteiger partial charge on any atom is 0.188 e. The Morgan fingerprint density at radius 2 is 2.14 bits per heavy atom. The fourth-order valence-corrected chi connectivity index (χ4v) is 2.95. The summed E-state index contributed by atoms with van der Waals surface area (Å²) >= 11 is 0. The maximum atomic E-state index is 5.99. The molecule has 0 aliphatic heterocycles. The van der Waals surface area contributed by atoms with Crippen LogP contribution >= 0.6 is 24.0 Å². The van der Waals surface area contributed by atoms with E-state index in [1.807, 2.05) is 0 Å². The van der Waals surface area contributed by atoms with Gasteiger partial charge in [0.15, 0.2) is 5.96 Å². The highest BCUT2D eigenvalue weighted by atomic mass is 127. The lowest BCUT2D eigenvalue weighted by Gasteiger charge is -2.35. The van der Waals surface area contributed by atoms with E-state index in [0.717, 1.165) is 13.0 Å². The van der Waals surface area contributed by atoms with E-state index in [0.29, 0.717) is 12.0 Å². The number of nitrogens with zero attached hydrogens (tertiary/aromatic N) is 1. The Morgan fingerprint density at radius 1 is 1.43 bits per heavy atom. The van der Waals surface area contributed by atoms with E-state index in [1.54, 1.807) is 0 Å². The van der Waals surface area contributed by atoms with E-state index >= 15 is 0 Å². The van der Waals surface area contributed by atoms with Crippen molar-refractivity contribution >= 4 is 29.9 Å². The van der Waals surface area contributed by atoms with Gasteiger partial charge in [0.25, 0.3) is 0 Å². The maximum absolute atomic E-state index is 5.99. The summed E-state index contributed by atoms with van der Waals surface area (Å²) in [4.78, 5) is 4.59. The van der Waals surface area contributed by atoms with E-state index in [-0.39, 0.29) is 29.4 Å². The van der Waals surface area contributed by atoms with Gasteiger partial charge in [-0.05, 0) is 43.7 Å². The van der Waals surface area contributed by atoms with Gasteiger partial charge in [-0.2, -0.15) is 0 Å². The summed E-state index contributed by atoms with van der Waals surface area (Å²) in [5.74, 6) is 0.573. The molecule has 0 spiro atoms.